The summed E-state index contributed by atoms with van der Waals surface area (Å²) in [5.74, 6) is 0.415. The summed E-state index contributed by atoms with van der Waals surface area (Å²) in [6.45, 7) is 8.74. The Bertz CT molecular complexity index is 350. The quantitative estimate of drug-likeness (QED) is 0.118. The van der Waals surface area contributed by atoms with Gasteiger partial charge < -0.3 is 0 Å². The Balaban J connectivity index is 3.10. The van der Waals surface area contributed by atoms with Crippen LogP contribution in [0.1, 0.15) is 40.5 Å². The molecule has 0 aromatic heterocycles. The second-order valence-electron chi connectivity index (χ2n) is 5.85. The fraction of sp³-hybridized carbons (Fsp3) is 1.00. The molecule has 0 aliphatic rings. The van der Waals surface area contributed by atoms with E-state index in [1.54, 1.807) is 0 Å². The monoisotopic (exact) mass is 480 g/mol. The lowest BCUT2D eigenvalue weighted by molar-refractivity contribution is -0.897. The highest BCUT2D eigenvalue weighted by Gasteiger charge is 2.15. The van der Waals surface area contributed by atoms with Gasteiger partial charge in [0.2, 0.25) is 0 Å². The van der Waals surface area contributed by atoms with E-state index in [9.17, 15) is 0 Å². The lowest BCUT2D eigenvalue weighted by atomic mass is 9.84. The fourth-order valence-corrected chi connectivity index (χ4v) is 1.66. The van der Waals surface area contributed by atoms with Crippen molar-refractivity contribution in [1.82, 2.24) is 0 Å². The summed E-state index contributed by atoms with van der Waals surface area (Å²) < 4.78 is 0. The molecule has 0 heterocycles. The lowest BCUT2D eigenvalue weighted by Gasteiger charge is -2.22. The number of rotatable bonds is 24. The van der Waals surface area contributed by atoms with Crippen LogP contribution in [0.25, 0.3) is 0 Å². The predicted molar refractivity (Wildman–Crippen MR) is 68.1 cm³/mol. The Hall–Kier alpha value is -0.880. The van der Waals surface area contributed by atoms with Gasteiger partial charge in [-0.1, -0.05) is 27.7 Å². The Kier molecular flexibility index (Phi) is 21.7. The van der Waals surface area contributed by atoms with Crippen molar-refractivity contribution in [1.29, 1.82) is 0 Å². The molecule has 0 aliphatic carbocycles. The zero-order valence-electron chi connectivity index (χ0n) is 16.2. The first-order chi connectivity index (χ1) is 15.0. The van der Waals surface area contributed by atoms with E-state index >= 15 is 0 Å². The van der Waals surface area contributed by atoms with Gasteiger partial charge in [0.25, 0.3) is 0 Å². The van der Waals surface area contributed by atoms with Crippen molar-refractivity contribution in [3.8, 4) is 0 Å². The maximum atomic E-state index is 7.56. The molecule has 0 bridgehead atoms. The Morgan fingerprint density at radius 2 is 0.871 bits per heavy atom. The minimum absolute atomic E-state index is 0.214. The highest BCUT2D eigenvalue weighted by atomic mass is 18.0. The summed E-state index contributed by atoms with van der Waals surface area (Å²) in [7, 11) is 0. The topological polar surface area (TPSA) is 214 Å². The third-order valence-corrected chi connectivity index (χ3v) is 2.23. The summed E-state index contributed by atoms with van der Waals surface area (Å²) >= 11 is 0. The Morgan fingerprint density at radius 1 is 0.548 bits per heavy atom. The van der Waals surface area contributed by atoms with Crippen LogP contribution in [0, 0.1) is 11.3 Å². The van der Waals surface area contributed by atoms with Gasteiger partial charge >= 0.3 is 0 Å². The molecule has 22 nitrogen and oxygen atoms in total. The molecule has 1 unspecified atom stereocenters. The van der Waals surface area contributed by atoms with Gasteiger partial charge in [0.15, 0.2) is 0 Å². The summed E-state index contributed by atoms with van der Waals surface area (Å²) in [4.78, 5) is 4.65. The summed E-state index contributed by atoms with van der Waals surface area (Å²) in [5, 5.41) is 78.8. The van der Waals surface area contributed by atoms with Crippen LogP contribution in [0.15, 0.2) is 0 Å². The molecule has 188 valence electrons. The molecule has 0 saturated carbocycles. The highest BCUT2D eigenvalue weighted by Crippen LogP contribution is 2.25. The van der Waals surface area contributed by atoms with Crippen molar-refractivity contribution in [2.24, 2.45) is 11.3 Å². The van der Waals surface area contributed by atoms with Crippen molar-refractivity contribution < 1.29 is 111 Å². The van der Waals surface area contributed by atoms with Gasteiger partial charge in [-0.25, -0.2) is 10.1 Å². The first-order valence-corrected chi connectivity index (χ1v) is 7.55. The van der Waals surface area contributed by atoms with Gasteiger partial charge in [-0.15, -0.1) is 0 Å². The number of hydrogen-bond acceptors (Lipinski definition) is 22. The summed E-state index contributed by atoms with van der Waals surface area (Å²) in [5.41, 5.74) is 0.214. The van der Waals surface area contributed by atoms with Crippen LogP contribution in [0.2, 0.25) is 0 Å². The van der Waals surface area contributed by atoms with E-state index in [1.807, 2.05) is 0 Å². The van der Waals surface area contributed by atoms with E-state index in [1.165, 1.54) is 0 Å². The van der Waals surface area contributed by atoms with Crippen LogP contribution in [0.5, 0.6) is 0 Å². The smallest absolute Gasteiger partial charge is 0.0857 e. The molecule has 31 heavy (non-hydrogen) atoms. The summed E-state index contributed by atoms with van der Waals surface area (Å²) in [6, 6.07) is 0. The first kappa shape index (κ1) is 30.1. The maximum Gasteiger partial charge on any atom is 0.0857 e. The van der Waals surface area contributed by atoms with Crippen LogP contribution >= 0.6 is 0 Å². The molecule has 1 atom stereocenters. The molecule has 0 amide bonds. The van der Waals surface area contributed by atoms with Crippen molar-refractivity contribution in [3.05, 3.63) is 0 Å². The molecular weight excluding hydrogens is 460 g/mol. The number of hydrogen-bond donors (Lipinski definition) is 1. The summed E-state index contributed by atoms with van der Waals surface area (Å²) in [6.07, 6.45) is 1.74. The van der Waals surface area contributed by atoms with Crippen LogP contribution in [-0.4, -0.2) is 11.9 Å². The van der Waals surface area contributed by atoms with Crippen molar-refractivity contribution in [2.75, 3.05) is 6.61 Å². The molecule has 0 saturated heterocycles. The SMILES string of the molecule is CC(CCOOOOOOOOOOOOOOOOOOOOOO)CC(C)(C)C. The molecule has 0 fully saturated rings. The standard InChI is InChI=1S/C9H20O22/c1-8(7-9(2,3)4)5-6-11-13-15-17-19-21-23-25-27-29-31-30-28-26-24-22-20-18-16-14-12-10/h8,10H,5-7H2,1-4H3. The van der Waals surface area contributed by atoms with Crippen LogP contribution in [0.3, 0.4) is 0 Å². The molecule has 0 radical (unpaired) electrons. The molecule has 0 aromatic carbocycles. The third-order valence-electron chi connectivity index (χ3n) is 2.23. The minimum Gasteiger partial charge on any atom is -0.219 e. The Morgan fingerprint density at radius 3 is 1.19 bits per heavy atom. The molecule has 0 aliphatic heterocycles. The van der Waals surface area contributed by atoms with E-state index in [2.05, 4.69) is 133 Å². The van der Waals surface area contributed by atoms with E-state index in [0.29, 0.717) is 5.92 Å². The zero-order chi connectivity index (χ0) is 23.0. The second kappa shape index (κ2) is 22.3. The van der Waals surface area contributed by atoms with E-state index < -0.39 is 0 Å². The van der Waals surface area contributed by atoms with E-state index in [0.717, 1.165) is 12.8 Å². The fourth-order valence-electron chi connectivity index (χ4n) is 1.66. The average molecular weight is 480 g/mol. The Labute approximate surface area is 170 Å². The van der Waals surface area contributed by atoms with E-state index in [-0.39, 0.29) is 12.0 Å². The predicted octanol–water partition coefficient (Wildman–Crippen LogP) is 1.57. The molecule has 1 N–H and O–H groups in total. The maximum absolute atomic E-state index is 7.56. The van der Waals surface area contributed by atoms with Gasteiger partial charge in [-0.3, -0.25) is 0 Å². The average Bonchev–Trinajstić information content (AvgIpc) is 2.70. The van der Waals surface area contributed by atoms with Gasteiger partial charge in [-0.05, 0) is 105 Å². The largest absolute Gasteiger partial charge is 0.219 e. The normalized spacial score (nSPS) is 13.1. The van der Waals surface area contributed by atoms with Crippen molar-refractivity contribution in [3.63, 3.8) is 0 Å². The molecule has 0 rings (SSSR count). The zero-order valence-corrected chi connectivity index (χ0v) is 16.2. The van der Waals surface area contributed by atoms with E-state index in [4.69, 9.17) is 5.26 Å². The molecular formula is C9H20O22. The second-order valence-corrected chi connectivity index (χ2v) is 5.85. The van der Waals surface area contributed by atoms with Gasteiger partial charge in [-0.2, -0.15) is 0 Å². The highest BCUT2D eigenvalue weighted by molar-refractivity contribution is 4.65. The third kappa shape index (κ3) is 27.1. The van der Waals surface area contributed by atoms with Crippen LogP contribution in [0.4, 0.5) is 0 Å². The minimum atomic E-state index is 0.214. The lowest BCUT2D eigenvalue weighted by Crippen LogP contribution is -2.13. The first-order valence-electron chi connectivity index (χ1n) is 7.55. The van der Waals surface area contributed by atoms with Crippen LogP contribution in [-0.2, 0) is 106 Å². The van der Waals surface area contributed by atoms with Gasteiger partial charge in [0, 0.05) is 20.2 Å². The van der Waals surface area contributed by atoms with Crippen LogP contribution < -0.4 is 0 Å². The molecule has 0 aromatic rings. The van der Waals surface area contributed by atoms with Crippen molar-refractivity contribution in [2.45, 2.75) is 40.5 Å². The molecule has 22 heteroatoms. The van der Waals surface area contributed by atoms with Gasteiger partial charge in [0.1, 0.15) is 0 Å². The van der Waals surface area contributed by atoms with Gasteiger partial charge in [0.05, 0.1) is 6.61 Å². The molecule has 0 spiro atoms. The van der Waals surface area contributed by atoms with Crippen molar-refractivity contribution >= 4 is 0 Å².